The minimum atomic E-state index is -0.0364. The Hall–Kier alpha value is -5.08. The van der Waals surface area contributed by atoms with Crippen molar-refractivity contribution < 1.29 is 18.9 Å². The van der Waals surface area contributed by atoms with Gasteiger partial charge in [0, 0.05) is 33.9 Å². The third-order valence-electron chi connectivity index (χ3n) is 11.2. The van der Waals surface area contributed by atoms with Gasteiger partial charge in [-0.2, -0.15) is 0 Å². The summed E-state index contributed by atoms with van der Waals surface area (Å²) in [6, 6.07) is 29.3. The number of hydrogen-bond acceptors (Lipinski definition) is 7. The third kappa shape index (κ3) is 4.49. The van der Waals surface area contributed by atoms with Crippen LogP contribution in [-0.2, 0) is 10.8 Å². The van der Waals surface area contributed by atoms with E-state index in [1.165, 1.54) is 65.1 Å². The standard InChI is InChI=1S/C44H41BN2O4S/c1-24-16-27(44(6,7)8)17-25(2)41(24)47-32-11-9-10-31-40(32)45(39-29-18-26(43(3,4)5)12-15-38(29)52-42(39)47)30-20-36-37(51-23-50-36)21-33(30)46(31)28-13-14-34-35(19-28)49-22-48-34/h9-21H,22-23H2,1-8H3. The summed E-state index contributed by atoms with van der Waals surface area (Å²) in [6.45, 7) is 18.7. The SMILES string of the molecule is Cc1cc(C(C)(C)C)cc(C)c1N1c2cccc3c2B(c2cc4c(cc2N3c2ccc3c(c2)OCO3)OCO4)c2c1sc1ccc(C(C)(C)C)cc21. The largest absolute Gasteiger partial charge is 0.454 e. The Morgan fingerprint density at radius 2 is 1.23 bits per heavy atom. The van der Waals surface area contributed by atoms with Gasteiger partial charge in [0.2, 0.25) is 13.6 Å². The van der Waals surface area contributed by atoms with Gasteiger partial charge in [0.1, 0.15) is 0 Å². The first-order valence-corrected chi connectivity index (χ1v) is 18.9. The molecule has 0 saturated carbocycles. The van der Waals surface area contributed by atoms with Crippen molar-refractivity contribution in [2.75, 3.05) is 23.4 Å². The van der Waals surface area contributed by atoms with Gasteiger partial charge < -0.3 is 28.7 Å². The van der Waals surface area contributed by atoms with Gasteiger partial charge >= 0.3 is 0 Å². The van der Waals surface area contributed by atoms with Gasteiger partial charge in [0.15, 0.2) is 23.0 Å². The Morgan fingerprint density at radius 1 is 0.596 bits per heavy atom. The molecular formula is C44H41BN2O4S. The molecule has 6 nitrogen and oxygen atoms in total. The van der Waals surface area contributed by atoms with Crippen molar-refractivity contribution in [1.82, 2.24) is 0 Å². The topological polar surface area (TPSA) is 43.4 Å². The van der Waals surface area contributed by atoms with E-state index in [0.29, 0.717) is 0 Å². The second-order valence-corrected chi connectivity index (χ2v) is 17.6. The van der Waals surface area contributed by atoms with E-state index in [2.05, 4.69) is 138 Å². The molecule has 260 valence electrons. The van der Waals surface area contributed by atoms with Gasteiger partial charge in [-0.25, -0.2) is 0 Å². The summed E-state index contributed by atoms with van der Waals surface area (Å²) in [6.07, 6.45) is 0. The maximum atomic E-state index is 6.09. The van der Waals surface area contributed by atoms with Gasteiger partial charge in [-0.1, -0.05) is 71.9 Å². The Labute approximate surface area is 309 Å². The lowest BCUT2D eigenvalue weighted by molar-refractivity contribution is 0.173. The highest BCUT2D eigenvalue weighted by Gasteiger charge is 2.46. The summed E-state index contributed by atoms with van der Waals surface area (Å²) in [7, 11) is 0. The van der Waals surface area contributed by atoms with Crippen LogP contribution in [0.5, 0.6) is 23.0 Å². The van der Waals surface area contributed by atoms with E-state index in [1.807, 2.05) is 17.4 Å². The molecule has 5 heterocycles. The van der Waals surface area contributed by atoms with E-state index < -0.39 is 0 Å². The molecule has 8 heteroatoms. The second-order valence-electron chi connectivity index (χ2n) is 16.6. The highest BCUT2D eigenvalue weighted by Crippen LogP contribution is 2.51. The predicted octanol–water partition coefficient (Wildman–Crippen LogP) is 9.65. The quantitative estimate of drug-likeness (QED) is 0.167. The molecule has 0 aliphatic carbocycles. The molecule has 0 amide bonds. The highest BCUT2D eigenvalue weighted by atomic mass is 32.1. The molecule has 0 atom stereocenters. The van der Waals surface area contributed by atoms with Crippen molar-refractivity contribution in [3.05, 3.63) is 101 Å². The number of aryl methyl sites for hydroxylation is 2. The number of thiophene rings is 1. The van der Waals surface area contributed by atoms with E-state index in [1.54, 1.807) is 0 Å². The van der Waals surface area contributed by atoms with Crippen molar-refractivity contribution in [3.8, 4) is 23.0 Å². The van der Waals surface area contributed by atoms with Crippen LogP contribution in [0.25, 0.3) is 10.1 Å². The van der Waals surface area contributed by atoms with Crippen molar-refractivity contribution in [2.24, 2.45) is 0 Å². The summed E-state index contributed by atoms with van der Waals surface area (Å²) in [5.74, 6) is 3.06. The van der Waals surface area contributed by atoms with Crippen LogP contribution in [0, 0.1) is 13.8 Å². The van der Waals surface area contributed by atoms with Gasteiger partial charge in [0.05, 0.1) is 16.4 Å². The highest BCUT2D eigenvalue weighted by molar-refractivity contribution is 7.26. The van der Waals surface area contributed by atoms with Crippen LogP contribution in [-0.4, -0.2) is 20.3 Å². The predicted molar refractivity (Wildman–Crippen MR) is 215 cm³/mol. The van der Waals surface area contributed by atoms with E-state index >= 15 is 0 Å². The molecule has 52 heavy (non-hydrogen) atoms. The first-order valence-electron chi connectivity index (χ1n) is 18.1. The van der Waals surface area contributed by atoms with Gasteiger partial charge in [-0.3, -0.25) is 0 Å². The van der Waals surface area contributed by atoms with Crippen LogP contribution in [0.1, 0.15) is 63.8 Å². The summed E-state index contributed by atoms with van der Waals surface area (Å²) in [5.41, 5.74) is 14.7. The molecule has 1 aromatic heterocycles. The number of fused-ring (bicyclic) bond motifs is 8. The monoisotopic (exact) mass is 704 g/mol. The first kappa shape index (κ1) is 31.6. The molecule has 0 bridgehead atoms. The molecule has 0 N–H and O–H groups in total. The second kappa shape index (κ2) is 10.7. The average molecular weight is 705 g/mol. The molecule has 0 spiro atoms. The Kier molecular flexibility index (Phi) is 6.53. The molecule has 4 aliphatic rings. The zero-order chi connectivity index (χ0) is 35.8. The van der Waals surface area contributed by atoms with Crippen LogP contribution < -0.4 is 45.1 Å². The number of rotatable bonds is 2. The summed E-state index contributed by atoms with van der Waals surface area (Å²) in [5, 5.41) is 2.58. The van der Waals surface area contributed by atoms with Crippen molar-refractivity contribution in [3.63, 3.8) is 0 Å². The van der Waals surface area contributed by atoms with Crippen LogP contribution in [0.4, 0.5) is 33.4 Å². The molecule has 5 aromatic carbocycles. The minimum Gasteiger partial charge on any atom is -0.454 e. The van der Waals surface area contributed by atoms with Crippen molar-refractivity contribution in [1.29, 1.82) is 0 Å². The fraction of sp³-hybridized carbons (Fsp3) is 0.273. The molecule has 0 radical (unpaired) electrons. The molecule has 0 fully saturated rings. The summed E-state index contributed by atoms with van der Waals surface area (Å²) >= 11 is 1.90. The first-order chi connectivity index (χ1) is 24.9. The maximum Gasteiger partial charge on any atom is 0.254 e. The number of hydrogen-bond donors (Lipinski definition) is 0. The zero-order valence-electron chi connectivity index (χ0n) is 30.9. The molecule has 0 saturated heterocycles. The fourth-order valence-corrected chi connectivity index (χ4v) is 9.82. The number of benzene rings is 5. The zero-order valence-corrected chi connectivity index (χ0v) is 31.7. The number of anilines is 6. The lowest BCUT2D eigenvalue weighted by Crippen LogP contribution is -2.61. The summed E-state index contributed by atoms with van der Waals surface area (Å²) in [4.78, 5) is 4.94. The maximum absolute atomic E-state index is 6.09. The van der Waals surface area contributed by atoms with Crippen LogP contribution >= 0.6 is 11.3 Å². The van der Waals surface area contributed by atoms with E-state index in [4.69, 9.17) is 18.9 Å². The molecular weight excluding hydrogens is 663 g/mol. The van der Waals surface area contributed by atoms with Crippen molar-refractivity contribution >= 4 is 78.0 Å². The third-order valence-corrected chi connectivity index (χ3v) is 12.3. The van der Waals surface area contributed by atoms with E-state index in [0.717, 1.165) is 40.1 Å². The van der Waals surface area contributed by atoms with Crippen LogP contribution in [0.2, 0.25) is 0 Å². The molecule has 0 unspecified atom stereocenters. The molecule has 6 aromatic rings. The van der Waals surface area contributed by atoms with Crippen molar-refractivity contribution in [2.45, 2.75) is 66.2 Å². The Balaban J connectivity index is 1.32. The van der Waals surface area contributed by atoms with Gasteiger partial charge in [-0.05, 0) is 105 Å². The Morgan fingerprint density at radius 3 is 1.92 bits per heavy atom. The number of nitrogens with zero attached hydrogens (tertiary/aromatic N) is 2. The van der Waals surface area contributed by atoms with E-state index in [9.17, 15) is 0 Å². The smallest absolute Gasteiger partial charge is 0.254 e. The molecule has 10 rings (SSSR count). The van der Waals surface area contributed by atoms with Crippen LogP contribution in [0.15, 0.2) is 78.9 Å². The molecule has 4 aliphatic heterocycles. The van der Waals surface area contributed by atoms with Crippen LogP contribution in [0.3, 0.4) is 0 Å². The number of ether oxygens (including phenoxy) is 4. The average Bonchev–Trinajstić information content (AvgIpc) is 3.85. The Bertz CT molecular complexity index is 2480. The normalized spacial score (nSPS) is 15.3. The van der Waals surface area contributed by atoms with Gasteiger partial charge in [0.25, 0.3) is 6.71 Å². The van der Waals surface area contributed by atoms with Gasteiger partial charge in [-0.15, -0.1) is 11.3 Å². The lowest BCUT2D eigenvalue weighted by Gasteiger charge is -2.43. The van der Waals surface area contributed by atoms with E-state index in [-0.39, 0.29) is 31.1 Å². The minimum absolute atomic E-state index is 0.00300. The summed E-state index contributed by atoms with van der Waals surface area (Å²) < 4.78 is 25.1. The lowest BCUT2D eigenvalue weighted by atomic mass is 9.33. The fourth-order valence-electron chi connectivity index (χ4n) is 8.57.